The fourth-order valence-electron chi connectivity index (χ4n) is 2.56. The molecule has 0 saturated heterocycles. The number of methoxy groups -OCH3 is 1. The molecule has 3 aromatic rings. The first-order valence-corrected chi connectivity index (χ1v) is 8.54. The predicted octanol–water partition coefficient (Wildman–Crippen LogP) is 2.73. The number of aryl methyl sites for hydroxylation is 1. The quantitative estimate of drug-likeness (QED) is 0.671. The predicted molar refractivity (Wildman–Crippen MR) is 102 cm³/mol. The Hall–Kier alpha value is -3.48. The van der Waals surface area contributed by atoms with E-state index in [9.17, 15) is 4.79 Å². The number of carbonyl (C=O) groups excluding carboxylic acids is 1. The molecular formula is C20H21N5O2. The molecule has 0 unspecified atom stereocenters. The number of anilines is 1. The van der Waals surface area contributed by atoms with Gasteiger partial charge in [0.15, 0.2) is 0 Å². The van der Waals surface area contributed by atoms with E-state index in [1.54, 1.807) is 25.6 Å². The molecule has 0 saturated carbocycles. The molecule has 2 heterocycles. The number of amides is 1. The van der Waals surface area contributed by atoms with Crippen molar-refractivity contribution in [1.29, 1.82) is 0 Å². The van der Waals surface area contributed by atoms with E-state index in [4.69, 9.17) is 4.74 Å². The van der Waals surface area contributed by atoms with Crippen LogP contribution in [0, 0.1) is 6.92 Å². The first-order valence-electron chi connectivity index (χ1n) is 8.54. The van der Waals surface area contributed by atoms with E-state index in [2.05, 4.69) is 25.6 Å². The van der Waals surface area contributed by atoms with Crippen molar-refractivity contribution >= 4 is 11.9 Å². The van der Waals surface area contributed by atoms with Gasteiger partial charge in [0.2, 0.25) is 5.95 Å². The molecule has 2 N–H and O–H groups in total. The van der Waals surface area contributed by atoms with Gasteiger partial charge in [-0.2, -0.15) is 0 Å². The number of ether oxygens (including phenoxy) is 1. The summed E-state index contributed by atoms with van der Waals surface area (Å²) in [5.74, 6) is 0.921. The summed E-state index contributed by atoms with van der Waals surface area (Å²) in [4.78, 5) is 25.1. The molecule has 7 heteroatoms. The maximum Gasteiger partial charge on any atom is 0.270 e. The molecular weight excluding hydrogens is 342 g/mol. The van der Waals surface area contributed by atoms with Crippen LogP contribution in [-0.2, 0) is 13.1 Å². The van der Waals surface area contributed by atoms with Crippen molar-refractivity contribution in [3.05, 3.63) is 77.4 Å². The Kier molecular flexibility index (Phi) is 5.94. The first-order chi connectivity index (χ1) is 13.2. The summed E-state index contributed by atoms with van der Waals surface area (Å²) in [6, 6.07) is 13.1. The van der Waals surface area contributed by atoms with Gasteiger partial charge in [-0.3, -0.25) is 9.78 Å². The van der Waals surface area contributed by atoms with Gasteiger partial charge in [-0.25, -0.2) is 9.97 Å². The number of nitrogens with zero attached hydrogens (tertiary/aromatic N) is 3. The molecule has 2 aromatic heterocycles. The number of hydrogen-bond donors (Lipinski definition) is 2. The molecule has 0 spiro atoms. The molecule has 7 nitrogen and oxygen atoms in total. The Labute approximate surface area is 157 Å². The van der Waals surface area contributed by atoms with Crippen molar-refractivity contribution in [1.82, 2.24) is 20.3 Å². The van der Waals surface area contributed by atoms with E-state index in [1.165, 1.54) is 0 Å². The number of aromatic nitrogens is 3. The van der Waals surface area contributed by atoms with Gasteiger partial charge in [-0.1, -0.05) is 24.3 Å². The number of pyridine rings is 1. The third-order valence-corrected chi connectivity index (χ3v) is 3.89. The number of nitrogens with one attached hydrogen (secondary N) is 2. The van der Waals surface area contributed by atoms with Gasteiger partial charge in [-0.05, 0) is 30.7 Å². The largest absolute Gasteiger partial charge is 0.496 e. The summed E-state index contributed by atoms with van der Waals surface area (Å²) >= 11 is 0. The Balaban J connectivity index is 1.67. The summed E-state index contributed by atoms with van der Waals surface area (Å²) in [6.07, 6.45) is 3.41. The zero-order chi connectivity index (χ0) is 19.1. The standard InChI is InChI=1S/C20H21N5O2/c1-14-10-17(19(26)22-12-15-6-5-9-21-11-15)25-20(24-14)23-13-16-7-3-4-8-18(16)27-2/h3-11H,12-13H2,1-2H3,(H,22,26)(H,23,24,25). The van der Waals surface area contributed by atoms with Crippen LogP contribution in [0.25, 0.3) is 0 Å². The molecule has 0 atom stereocenters. The molecule has 0 fully saturated rings. The Morgan fingerprint density at radius 3 is 2.74 bits per heavy atom. The smallest absolute Gasteiger partial charge is 0.270 e. The number of hydrogen-bond acceptors (Lipinski definition) is 6. The fraction of sp³-hybridized carbons (Fsp3) is 0.200. The van der Waals surface area contributed by atoms with Crippen molar-refractivity contribution in [2.45, 2.75) is 20.0 Å². The fourth-order valence-corrected chi connectivity index (χ4v) is 2.56. The van der Waals surface area contributed by atoms with Gasteiger partial charge in [0, 0.05) is 36.7 Å². The molecule has 1 aromatic carbocycles. The topological polar surface area (TPSA) is 89.0 Å². The molecule has 0 aliphatic rings. The zero-order valence-corrected chi connectivity index (χ0v) is 15.3. The van der Waals surface area contributed by atoms with E-state index in [-0.39, 0.29) is 5.91 Å². The van der Waals surface area contributed by atoms with Gasteiger partial charge in [0.25, 0.3) is 5.91 Å². The SMILES string of the molecule is COc1ccccc1CNc1nc(C)cc(C(=O)NCc2cccnc2)n1. The second-order valence-corrected chi connectivity index (χ2v) is 5.93. The average Bonchev–Trinajstić information content (AvgIpc) is 2.71. The molecule has 0 radical (unpaired) electrons. The van der Waals surface area contributed by atoms with Crippen LogP contribution in [0.1, 0.15) is 27.3 Å². The molecule has 3 rings (SSSR count). The Morgan fingerprint density at radius 1 is 1.11 bits per heavy atom. The number of benzene rings is 1. The molecule has 0 bridgehead atoms. The number of para-hydroxylation sites is 1. The minimum Gasteiger partial charge on any atom is -0.496 e. The minimum atomic E-state index is -0.260. The third kappa shape index (κ3) is 5.01. The van der Waals surface area contributed by atoms with Crippen LogP contribution in [0.4, 0.5) is 5.95 Å². The lowest BCUT2D eigenvalue weighted by molar-refractivity contribution is 0.0945. The molecule has 0 aliphatic carbocycles. The summed E-state index contributed by atoms with van der Waals surface area (Å²) < 4.78 is 5.34. The minimum absolute atomic E-state index is 0.260. The van der Waals surface area contributed by atoms with Crippen molar-refractivity contribution < 1.29 is 9.53 Å². The average molecular weight is 363 g/mol. The molecule has 1 amide bonds. The summed E-state index contributed by atoms with van der Waals surface area (Å²) in [6.45, 7) is 2.71. The highest BCUT2D eigenvalue weighted by atomic mass is 16.5. The highest BCUT2D eigenvalue weighted by molar-refractivity contribution is 5.92. The highest BCUT2D eigenvalue weighted by Crippen LogP contribution is 2.18. The lowest BCUT2D eigenvalue weighted by Gasteiger charge is -2.11. The maximum atomic E-state index is 12.4. The van der Waals surface area contributed by atoms with Crippen LogP contribution >= 0.6 is 0 Å². The molecule has 27 heavy (non-hydrogen) atoms. The van der Waals surface area contributed by atoms with E-state index < -0.39 is 0 Å². The van der Waals surface area contributed by atoms with E-state index in [1.807, 2.05) is 43.3 Å². The second-order valence-electron chi connectivity index (χ2n) is 5.93. The Morgan fingerprint density at radius 2 is 1.96 bits per heavy atom. The van der Waals surface area contributed by atoms with Crippen LogP contribution < -0.4 is 15.4 Å². The van der Waals surface area contributed by atoms with Gasteiger partial charge in [0.05, 0.1) is 7.11 Å². The lowest BCUT2D eigenvalue weighted by Crippen LogP contribution is -2.24. The van der Waals surface area contributed by atoms with Gasteiger partial charge in [0.1, 0.15) is 11.4 Å². The van der Waals surface area contributed by atoms with Crippen LogP contribution in [0.5, 0.6) is 5.75 Å². The summed E-state index contributed by atoms with van der Waals surface area (Å²) in [5.41, 5.74) is 2.92. The van der Waals surface area contributed by atoms with Crippen molar-refractivity contribution in [3.63, 3.8) is 0 Å². The Bertz CT molecular complexity index is 915. The normalized spacial score (nSPS) is 10.3. The van der Waals surface area contributed by atoms with Crippen molar-refractivity contribution in [3.8, 4) is 5.75 Å². The monoisotopic (exact) mass is 363 g/mol. The van der Waals surface area contributed by atoms with Crippen molar-refractivity contribution in [2.75, 3.05) is 12.4 Å². The summed E-state index contributed by atoms with van der Waals surface area (Å²) in [7, 11) is 1.63. The zero-order valence-electron chi connectivity index (χ0n) is 15.3. The van der Waals surface area contributed by atoms with Crippen LogP contribution in [0.2, 0.25) is 0 Å². The summed E-state index contributed by atoms with van der Waals surface area (Å²) in [5, 5.41) is 6.00. The van der Waals surface area contributed by atoms with E-state index >= 15 is 0 Å². The van der Waals surface area contributed by atoms with Gasteiger partial charge >= 0.3 is 0 Å². The molecule has 138 valence electrons. The van der Waals surface area contributed by atoms with E-state index in [0.717, 1.165) is 16.9 Å². The van der Waals surface area contributed by atoms with Crippen LogP contribution in [-0.4, -0.2) is 28.0 Å². The van der Waals surface area contributed by atoms with Gasteiger partial charge < -0.3 is 15.4 Å². The number of rotatable bonds is 7. The van der Waals surface area contributed by atoms with Crippen LogP contribution in [0.15, 0.2) is 54.9 Å². The number of carbonyl (C=O) groups is 1. The first kappa shape index (κ1) is 18.3. The highest BCUT2D eigenvalue weighted by Gasteiger charge is 2.11. The van der Waals surface area contributed by atoms with Gasteiger partial charge in [-0.15, -0.1) is 0 Å². The van der Waals surface area contributed by atoms with E-state index in [0.29, 0.717) is 30.4 Å². The van der Waals surface area contributed by atoms with Crippen LogP contribution in [0.3, 0.4) is 0 Å². The maximum absolute atomic E-state index is 12.4. The third-order valence-electron chi connectivity index (χ3n) is 3.89. The van der Waals surface area contributed by atoms with Crippen molar-refractivity contribution in [2.24, 2.45) is 0 Å². The lowest BCUT2D eigenvalue weighted by atomic mass is 10.2. The second kappa shape index (κ2) is 8.75. The molecule has 0 aliphatic heterocycles.